The second-order valence-electron chi connectivity index (χ2n) is 7.74. The van der Waals surface area contributed by atoms with Gasteiger partial charge in [0.2, 0.25) is 0 Å². The van der Waals surface area contributed by atoms with Gasteiger partial charge in [0.1, 0.15) is 0 Å². The maximum Gasteiger partial charge on any atom is 2.00 e. The van der Waals surface area contributed by atoms with Crippen molar-refractivity contribution >= 4 is 34.2 Å². The Hall–Kier alpha value is -3.79. The van der Waals surface area contributed by atoms with Crippen molar-refractivity contribution in [2.75, 3.05) is 0 Å². The van der Waals surface area contributed by atoms with E-state index in [9.17, 15) is 46.1 Å². The van der Waals surface area contributed by atoms with Gasteiger partial charge in [0.25, 0.3) is 0 Å². The predicted molar refractivity (Wildman–Crippen MR) is 144 cm³/mol. The molecule has 0 atom stereocenters. The minimum Gasteiger partial charge on any atom is -0.869 e. The van der Waals surface area contributed by atoms with Crippen molar-refractivity contribution < 1.29 is 62.9 Å². The minimum atomic E-state index is -4.98. The van der Waals surface area contributed by atoms with Gasteiger partial charge in [-0.2, -0.15) is 26.3 Å². The summed E-state index contributed by atoms with van der Waals surface area (Å²) in [5.74, 6) is -6.09. The number of hydrogen-bond donors (Lipinski definition) is 0. The Morgan fingerprint density at radius 2 is 0.953 bits per heavy atom. The molecule has 0 saturated carbocycles. The average molecular weight is 688 g/mol. The van der Waals surface area contributed by atoms with Gasteiger partial charge in [-0.3, -0.25) is 19.6 Å². The molecule has 15 heteroatoms. The van der Waals surface area contributed by atoms with Crippen molar-refractivity contribution in [3.05, 3.63) is 129 Å². The van der Waals surface area contributed by atoms with Crippen LogP contribution in [-0.4, -0.2) is 33.9 Å². The van der Waals surface area contributed by atoms with Crippen LogP contribution in [0.2, 0.25) is 0 Å². The summed E-state index contributed by atoms with van der Waals surface area (Å²) in [7, 11) is 0. The Kier molecular flexibility index (Phi) is 17.7. The third-order valence-electron chi connectivity index (χ3n) is 4.31. The number of thiophene rings is 2. The molecule has 0 aromatic carbocycles. The molecular weight excluding hydrogens is 665 g/mol. The fourth-order valence-electron chi connectivity index (χ4n) is 2.23. The smallest absolute Gasteiger partial charge is 0.869 e. The van der Waals surface area contributed by atoms with Gasteiger partial charge in [-0.15, -0.1) is 22.7 Å². The Morgan fingerprint density at radius 3 is 1.14 bits per heavy atom. The van der Waals surface area contributed by atoms with Gasteiger partial charge in [-0.1, -0.05) is 12.1 Å². The third kappa shape index (κ3) is 17.0. The molecule has 0 spiro atoms. The van der Waals surface area contributed by atoms with Crippen molar-refractivity contribution in [3.63, 3.8) is 0 Å². The molecule has 6 nitrogen and oxygen atoms in total. The largest absolute Gasteiger partial charge is 2.00 e. The summed E-state index contributed by atoms with van der Waals surface area (Å²) in [6, 6.07) is 13.6. The summed E-state index contributed by atoms with van der Waals surface area (Å²) in [6.45, 7) is 4.09. The topological polar surface area (TPSA) is 106 Å². The standard InChI is InChI=1S/2C8H5F3O2S.2C6H7N.Co/c2*9-8(10,11)7(13)4-5(12)6-2-1-3-14-6;2*1-6-2-4-7-5-3-6;/h2*1-4,13H;2*2-5H,1H3;/q;;;;+2/p-2/b2*7-4-;;;. The number of carbonyl (C=O) groups excluding carboxylic acids is 2. The molecule has 0 bridgehead atoms. The van der Waals surface area contributed by atoms with Crippen molar-refractivity contribution in [3.8, 4) is 0 Å². The van der Waals surface area contributed by atoms with E-state index < -0.39 is 35.4 Å². The number of aryl methyl sites for hydroxylation is 2. The summed E-state index contributed by atoms with van der Waals surface area (Å²) in [6.07, 6.45) is -2.69. The number of aromatic nitrogens is 2. The van der Waals surface area contributed by atoms with Crippen LogP contribution in [-0.2, 0) is 16.8 Å². The molecular formula is C28H22CoF6N2O4S2. The first kappa shape index (κ1) is 39.2. The molecule has 4 rings (SSSR count). The first-order valence-electron chi connectivity index (χ1n) is 11.4. The molecule has 43 heavy (non-hydrogen) atoms. The van der Waals surface area contributed by atoms with Crippen LogP contribution in [0.4, 0.5) is 26.3 Å². The van der Waals surface area contributed by atoms with Crippen LogP contribution in [0.5, 0.6) is 0 Å². The van der Waals surface area contributed by atoms with E-state index in [-0.39, 0.29) is 38.7 Å². The quantitative estimate of drug-likeness (QED) is 0.109. The van der Waals surface area contributed by atoms with Crippen molar-refractivity contribution in [1.29, 1.82) is 0 Å². The van der Waals surface area contributed by atoms with E-state index in [2.05, 4.69) is 9.97 Å². The number of carbonyl (C=O) groups is 2. The number of hydrogen-bond acceptors (Lipinski definition) is 8. The average Bonchev–Trinajstić information content (AvgIpc) is 3.65. The van der Waals surface area contributed by atoms with Gasteiger partial charge in [-0.05, 0) is 95.8 Å². The van der Waals surface area contributed by atoms with Gasteiger partial charge in [0.15, 0.2) is 11.6 Å². The van der Waals surface area contributed by atoms with Crippen LogP contribution in [0.15, 0.2) is 108 Å². The molecule has 4 aromatic rings. The van der Waals surface area contributed by atoms with Gasteiger partial charge < -0.3 is 10.2 Å². The fraction of sp³-hybridized carbons (Fsp3) is 0.143. The van der Waals surface area contributed by atoms with Crippen molar-refractivity contribution in [2.24, 2.45) is 0 Å². The summed E-state index contributed by atoms with van der Waals surface area (Å²) in [5, 5.41) is 23.8. The maximum atomic E-state index is 11.7. The molecule has 0 aliphatic heterocycles. The summed E-state index contributed by atoms with van der Waals surface area (Å²) in [4.78, 5) is 29.9. The summed E-state index contributed by atoms with van der Waals surface area (Å²) < 4.78 is 70.3. The number of alkyl halides is 6. The zero-order chi connectivity index (χ0) is 31.8. The van der Waals surface area contributed by atoms with Crippen LogP contribution in [0.1, 0.15) is 30.5 Å². The molecule has 231 valence electrons. The number of halogens is 6. The number of ketones is 2. The third-order valence-corrected chi connectivity index (χ3v) is 6.07. The molecule has 0 aliphatic carbocycles. The van der Waals surface area contributed by atoms with Gasteiger partial charge in [-0.25, -0.2) is 0 Å². The molecule has 4 heterocycles. The SMILES string of the molecule is Cc1ccncc1.Cc1ccncc1.O=C(/C=C(\[O-])C(F)(F)F)c1cccs1.O=C(/C=C(\[O-])C(F)(F)F)c1cccs1.[Co+2]. The fourth-order valence-corrected chi connectivity index (χ4v) is 3.51. The summed E-state index contributed by atoms with van der Waals surface area (Å²) in [5.41, 5.74) is 2.52. The van der Waals surface area contributed by atoms with Gasteiger partial charge >= 0.3 is 29.1 Å². The molecule has 0 amide bonds. The van der Waals surface area contributed by atoms with Crippen LogP contribution in [0.25, 0.3) is 0 Å². The molecule has 0 aliphatic rings. The maximum absolute atomic E-state index is 11.7. The van der Waals surface area contributed by atoms with Crippen LogP contribution >= 0.6 is 22.7 Å². The Morgan fingerprint density at radius 1 is 0.651 bits per heavy atom. The normalized spacial score (nSPS) is 11.3. The van der Waals surface area contributed by atoms with E-state index in [1.165, 1.54) is 35.4 Å². The molecule has 0 N–H and O–H groups in total. The Balaban J connectivity index is 0.000000569. The van der Waals surface area contributed by atoms with Crippen LogP contribution in [0, 0.1) is 13.8 Å². The summed E-state index contributed by atoms with van der Waals surface area (Å²) >= 11 is 1.97. The zero-order valence-corrected chi connectivity index (χ0v) is 24.9. The molecule has 1 radical (unpaired) electrons. The minimum absolute atomic E-state index is 0. The number of allylic oxidation sites excluding steroid dienone is 4. The molecule has 0 fully saturated rings. The zero-order valence-electron chi connectivity index (χ0n) is 22.2. The van der Waals surface area contributed by atoms with E-state index in [0.29, 0.717) is 0 Å². The first-order valence-corrected chi connectivity index (χ1v) is 13.2. The molecule has 0 saturated heterocycles. The van der Waals surface area contributed by atoms with Gasteiger partial charge in [0.05, 0.1) is 9.75 Å². The van der Waals surface area contributed by atoms with E-state index in [1.54, 1.807) is 35.5 Å². The number of rotatable bonds is 4. The number of pyridine rings is 2. The second-order valence-corrected chi connectivity index (χ2v) is 9.64. The molecule has 4 aromatic heterocycles. The van der Waals surface area contributed by atoms with Crippen molar-refractivity contribution in [2.45, 2.75) is 26.2 Å². The van der Waals surface area contributed by atoms with E-state index in [1.807, 2.05) is 38.1 Å². The molecule has 0 unspecified atom stereocenters. The van der Waals surface area contributed by atoms with Crippen LogP contribution < -0.4 is 10.2 Å². The van der Waals surface area contributed by atoms with Crippen molar-refractivity contribution in [1.82, 2.24) is 9.97 Å². The monoisotopic (exact) mass is 687 g/mol. The van der Waals surface area contributed by atoms with E-state index in [0.717, 1.165) is 22.7 Å². The number of nitrogens with zero attached hydrogens (tertiary/aromatic N) is 2. The van der Waals surface area contributed by atoms with E-state index in [4.69, 9.17) is 0 Å². The Labute approximate surface area is 261 Å². The Bertz CT molecular complexity index is 1300. The predicted octanol–water partition coefficient (Wildman–Crippen LogP) is 6.25. The van der Waals surface area contributed by atoms with E-state index >= 15 is 0 Å². The van der Waals surface area contributed by atoms with Gasteiger partial charge in [0, 0.05) is 24.8 Å². The second kappa shape index (κ2) is 19.4. The van der Waals surface area contributed by atoms with Crippen LogP contribution in [0.3, 0.4) is 0 Å². The first-order chi connectivity index (χ1) is 19.6.